The summed E-state index contributed by atoms with van der Waals surface area (Å²) in [4.78, 5) is 25.3. The fourth-order valence-electron chi connectivity index (χ4n) is 2.51. The molecule has 25 heavy (non-hydrogen) atoms. The lowest BCUT2D eigenvalue weighted by atomic mass is 10.0. The maximum absolute atomic E-state index is 12.4. The van der Waals surface area contributed by atoms with Crippen LogP contribution in [0.2, 0.25) is 0 Å². The third-order valence-electron chi connectivity index (χ3n) is 3.69. The van der Waals surface area contributed by atoms with Gasteiger partial charge in [-0.3, -0.25) is 9.59 Å². The highest BCUT2D eigenvalue weighted by Gasteiger charge is 2.23. The molecule has 0 radical (unpaired) electrons. The summed E-state index contributed by atoms with van der Waals surface area (Å²) in [6.07, 6.45) is 0.373. The van der Waals surface area contributed by atoms with Crippen molar-refractivity contribution in [3.63, 3.8) is 0 Å². The van der Waals surface area contributed by atoms with Crippen molar-refractivity contribution in [2.45, 2.75) is 12.5 Å². The lowest BCUT2D eigenvalue weighted by Crippen LogP contribution is -2.48. The smallest absolute Gasteiger partial charge is 0.262 e. The Bertz CT molecular complexity index is 925. The van der Waals surface area contributed by atoms with Gasteiger partial charge in [0.2, 0.25) is 5.91 Å². The molecule has 126 valence electrons. The number of rotatable bonds is 6. The lowest BCUT2D eigenvalue weighted by molar-refractivity contribution is -0.122. The fourth-order valence-corrected chi connectivity index (χ4v) is 4.11. The van der Waals surface area contributed by atoms with E-state index < -0.39 is 6.04 Å². The Balaban J connectivity index is 1.81. The van der Waals surface area contributed by atoms with E-state index in [0.29, 0.717) is 11.3 Å². The van der Waals surface area contributed by atoms with Crippen LogP contribution in [0, 0.1) is 11.3 Å². The topological polar surface area (TPSA) is 82.0 Å². The third kappa shape index (κ3) is 4.05. The number of nitrogens with zero attached hydrogens (tertiary/aromatic N) is 1. The van der Waals surface area contributed by atoms with Gasteiger partial charge in [-0.15, -0.1) is 22.7 Å². The van der Waals surface area contributed by atoms with E-state index in [1.165, 1.54) is 11.3 Å². The van der Waals surface area contributed by atoms with Crippen LogP contribution >= 0.6 is 22.7 Å². The summed E-state index contributed by atoms with van der Waals surface area (Å²) < 4.78 is 1.14. The molecule has 0 fully saturated rings. The van der Waals surface area contributed by atoms with Crippen LogP contribution < -0.4 is 10.6 Å². The van der Waals surface area contributed by atoms with Crippen molar-refractivity contribution in [1.29, 1.82) is 5.26 Å². The first-order chi connectivity index (χ1) is 12.2. The van der Waals surface area contributed by atoms with Gasteiger partial charge in [-0.1, -0.05) is 24.3 Å². The minimum atomic E-state index is -0.735. The number of fused-ring (bicyclic) bond motifs is 1. The highest BCUT2D eigenvalue weighted by molar-refractivity contribution is 7.17. The second kappa shape index (κ2) is 7.92. The summed E-state index contributed by atoms with van der Waals surface area (Å²) in [5.74, 6) is -0.645. The van der Waals surface area contributed by atoms with E-state index in [2.05, 4.69) is 10.6 Å². The van der Waals surface area contributed by atoms with Crippen molar-refractivity contribution >= 4 is 44.6 Å². The largest absolute Gasteiger partial charge is 0.341 e. The molecule has 3 rings (SSSR count). The molecule has 2 heterocycles. The highest BCUT2D eigenvalue weighted by atomic mass is 32.1. The van der Waals surface area contributed by atoms with E-state index in [0.717, 1.165) is 15.6 Å². The lowest BCUT2D eigenvalue weighted by Gasteiger charge is -2.17. The molecule has 3 aromatic rings. The molecule has 0 aliphatic heterocycles. The van der Waals surface area contributed by atoms with Crippen LogP contribution in [0.4, 0.5) is 0 Å². The molecule has 0 aliphatic rings. The second-order valence-electron chi connectivity index (χ2n) is 5.34. The van der Waals surface area contributed by atoms with Gasteiger partial charge in [-0.2, -0.15) is 5.26 Å². The zero-order chi connectivity index (χ0) is 17.6. The van der Waals surface area contributed by atoms with Crippen LogP contribution in [0.3, 0.4) is 0 Å². The molecule has 2 aromatic heterocycles. The average Bonchev–Trinajstić information content (AvgIpc) is 3.29. The number of hydrogen-bond donors (Lipinski definition) is 2. The van der Waals surface area contributed by atoms with Crippen LogP contribution in [-0.2, 0) is 11.2 Å². The van der Waals surface area contributed by atoms with E-state index in [1.54, 1.807) is 23.5 Å². The predicted octanol–water partition coefficient (Wildman–Crippen LogP) is 2.94. The maximum atomic E-state index is 12.4. The van der Waals surface area contributed by atoms with Gasteiger partial charge >= 0.3 is 0 Å². The zero-order valence-corrected chi connectivity index (χ0v) is 14.8. The van der Waals surface area contributed by atoms with Crippen LogP contribution in [0.25, 0.3) is 10.1 Å². The van der Waals surface area contributed by atoms with Gasteiger partial charge in [0.25, 0.3) is 5.91 Å². The molecular formula is C18H15N3O2S2. The van der Waals surface area contributed by atoms with E-state index in [1.807, 2.05) is 41.1 Å². The number of carbonyl (C=O) groups is 2. The Morgan fingerprint density at radius 2 is 2.00 bits per heavy atom. The van der Waals surface area contributed by atoms with E-state index in [4.69, 9.17) is 5.26 Å². The molecule has 7 heteroatoms. The van der Waals surface area contributed by atoms with Gasteiger partial charge in [-0.05, 0) is 33.8 Å². The standard InChI is InChI=1S/C18H15N3O2S2/c19-7-8-20-17(22)14(21-18(23)16-6-3-9-24-16)10-12-11-25-15-5-2-1-4-13(12)15/h1-6,9,11,14H,8,10H2,(H,20,22)(H,21,23). The number of nitrogens with one attached hydrogen (secondary N) is 2. The second-order valence-corrected chi connectivity index (χ2v) is 7.20. The highest BCUT2D eigenvalue weighted by Crippen LogP contribution is 2.26. The van der Waals surface area contributed by atoms with Crippen molar-refractivity contribution in [2.24, 2.45) is 0 Å². The van der Waals surface area contributed by atoms with Crippen molar-refractivity contribution in [1.82, 2.24) is 10.6 Å². The number of hydrogen-bond acceptors (Lipinski definition) is 5. The van der Waals surface area contributed by atoms with E-state index in [-0.39, 0.29) is 18.4 Å². The number of carbonyl (C=O) groups excluding carboxylic acids is 2. The Morgan fingerprint density at radius 3 is 2.76 bits per heavy atom. The molecule has 1 atom stereocenters. The monoisotopic (exact) mass is 369 g/mol. The first-order valence-electron chi connectivity index (χ1n) is 7.63. The quantitative estimate of drug-likeness (QED) is 0.656. The summed E-state index contributed by atoms with van der Waals surface area (Å²) in [5, 5.41) is 18.9. The molecule has 1 unspecified atom stereocenters. The van der Waals surface area contributed by atoms with Crippen molar-refractivity contribution < 1.29 is 9.59 Å². The van der Waals surface area contributed by atoms with Crippen molar-refractivity contribution in [3.8, 4) is 6.07 Å². The molecule has 0 bridgehead atoms. The first-order valence-corrected chi connectivity index (χ1v) is 9.39. The summed E-state index contributed by atoms with van der Waals surface area (Å²) >= 11 is 2.93. The molecule has 0 spiro atoms. The normalized spacial score (nSPS) is 11.6. The average molecular weight is 369 g/mol. The molecule has 0 aliphatic carbocycles. The first kappa shape index (κ1) is 17.1. The zero-order valence-electron chi connectivity index (χ0n) is 13.2. The summed E-state index contributed by atoms with van der Waals surface area (Å²) in [6.45, 7) is -0.0887. The predicted molar refractivity (Wildman–Crippen MR) is 99.7 cm³/mol. The molecule has 0 saturated heterocycles. The molecule has 5 nitrogen and oxygen atoms in total. The molecular weight excluding hydrogens is 354 g/mol. The van der Waals surface area contributed by atoms with Crippen LogP contribution in [0.1, 0.15) is 15.2 Å². The molecule has 2 N–H and O–H groups in total. The van der Waals surface area contributed by atoms with E-state index in [9.17, 15) is 9.59 Å². The Hall–Kier alpha value is -2.69. The minimum absolute atomic E-state index is 0.0887. The molecule has 0 saturated carbocycles. The van der Waals surface area contributed by atoms with Crippen LogP contribution in [0.15, 0.2) is 47.2 Å². The molecule has 2 amide bonds. The summed E-state index contributed by atoms with van der Waals surface area (Å²) in [6, 6.07) is 12.6. The van der Waals surface area contributed by atoms with Crippen LogP contribution in [0.5, 0.6) is 0 Å². The van der Waals surface area contributed by atoms with Gasteiger partial charge in [0.05, 0.1) is 10.9 Å². The maximum Gasteiger partial charge on any atom is 0.262 e. The number of nitriles is 1. The number of benzene rings is 1. The Labute approximate surface area is 152 Å². The van der Waals surface area contributed by atoms with Gasteiger partial charge in [-0.25, -0.2) is 0 Å². The summed E-state index contributed by atoms with van der Waals surface area (Å²) in [7, 11) is 0. The Kier molecular flexibility index (Phi) is 5.43. The minimum Gasteiger partial charge on any atom is -0.341 e. The van der Waals surface area contributed by atoms with Crippen LogP contribution in [-0.4, -0.2) is 24.4 Å². The van der Waals surface area contributed by atoms with Crippen molar-refractivity contribution in [2.75, 3.05) is 6.54 Å². The van der Waals surface area contributed by atoms with Crippen molar-refractivity contribution in [3.05, 3.63) is 57.6 Å². The van der Waals surface area contributed by atoms with Gasteiger partial charge in [0.15, 0.2) is 0 Å². The summed E-state index contributed by atoms with van der Waals surface area (Å²) in [5.41, 5.74) is 1.00. The van der Waals surface area contributed by atoms with Gasteiger partial charge < -0.3 is 10.6 Å². The van der Waals surface area contributed by atoms with Gasteiger partial charge in [0, 0.05) is 11.1 Å². The third-order valence-corrected chi connectivity index (χ3v) is 5.57. The SMILES string of the molecule is N#CCNC(=O)C(Cc1csc2ccccc12)NC(=O)c1cccs1. The Morgan fingerprint density at radius 1 is 1.16 bits per heavy atom. The molecule has 1 aromatic carbocycles. The van der Waals surface area contributed by atoms with E-state index >= 15 is 0 Å². The fraction of sp³-hybridized carbons (Fsp3) is 0.167. The number of amides is 2. The number of thiophene rings is 2. The van der Waals surface area contributed by atoms with Gasteiger partial charge in [0.1, 0.15) is 12.6 Å².